The first kappa shape index (κ1) is 10.4. The van der Waals surface area contributed by atoms with E-state index in [9.17, 15) is 15.0 Å². The Kier molecular flexibility index (Phi) is 3.19. The van der Waals surface area contributed by atoms with Crippen LogP contribution >= 0.6 is 0 Å². The van der Waals surface area contributed by atoms with E-state index in [0.29, 0.717) is 12.0 Å². The van der Waals surface area contributed by atoms with Crippen molar-refractivity contribution in [2.24, 2.45) is 0 Å². The van der Waals surface area contributed by atoms with Crippen molar-refractivity contribution in [1.29, 1.82) is 0 Å². The van der Waals surface area contributed by atoms with Gasteiger partial charge < -0.3 is 15.3 Å². The third-order valence-electron chi connectivity index (χ3n) is 2.22. The molecule has 1 rings (SSSR count). The van der Waals surface area contributed by atoms with E-state index in [1.54, 1.807) is 6.92 Å². The van der Waals surface area contributed by atoms with Crippen molar-refractivity contribution in [2.45, 2.75) is 38.1 Å². The highest BCUT2D eigenvalue weighted by Crippen LogP contribution is 2.20. The quantitative estimate of drug-likeness (QED) is 0.537. The van der Waals surface area contributed by atoms with Crippen LogP contribution in [0, 0.1) is 0 Å². The Morgan fingerprint density at radius 3 is 2.62 bits per heavy atom. The standard InChI is InChI=1S/C9H14O4/c1-2-6(10)5-3-7(11)9(13)8(12)4-5/h3,7-9,11-13H,2,4H2,1H3. The molecule has 0 aliphatic heterocycles. The van der Waals surface area contributed by atoms with Gasteiger partial charge in [-0.2, -0.15) is 0 Å². The van der Waals surface area contributed by atoms with Crippen molar-refractivity contribution in [3.8, 4) is 0 Å². The van der Waals surface area contributed by atoms with Crippen LogP contribution in [-0.2, 0) is 4.79 Å². The molecule has 1 aliphatic carbocycles. The Morgan fingerprint density at radius 2 is 2.15 bits per heavy atom. The number of Topliss-reactive ketones (excluding diaryl/α,β-unsaturated/α-hetero) is 1. The van der Waals surface area contributed by atoms with Gasteiger partial charge in [0.25, 0.3) is 0 Å². The van der Waals surface area contributed by atoms with Crippen molar-refractivity contribution in [3.05, 3.63) is 11.6 Å². The summed E-state index contributed by atoms with van der Waals surface area (Å²) >= 11 is 0. The summed E-state index contributed by atoms with van der Waals surface area (Å²) in [4.78, 5) is 11.2. The van der Waals surface area contributed by atoms with E-state index in [0.717, 1.165) is 0 Å². The zero-order valence-electron chi connectivity index (χ0n) is 7.47. The molecule has 0 saturated heterocycles. The van der Waals surface area contributed by atoms with Crippen LogP contribution in [0.4, 0.5) is 0 Å². The van der Waals surface area contributed by atoms with E-state index in [1.807, 2.05) is 0 Å². The van der Waals surface area contributed by atoms with Gasteiger partial charge in [-0.15, -0.1) is 0 Å². The van der Waals surface area contributed by atoms with Crippen LogP contribution in [0.2, 0.25) is 0 Å². The Balaban J connectivity index is 2.78. The summed E-state index contributed by atoms with van der Waals surface area (Å²) in [6.07, 6.45) is -1.54. The van der Waals surface area contributed by atoms with Gasteiger partial charge in [-0.25, -0.2) is 0 Å². The van der Waals surface area contributed by atoms with Gasteiger partial charge in [0.05, 0.1) is 6.10 Å². The minimum atomic E-state index is -1.17. The van der Waals surface area contributed by atoms with Crippen LogP contribution in [0.15, 0.2) is 11.6 Å². The van der Waals surface area contributed by atoms with Crippen LogP contribution in [0.5, 0.6) is 0 Å². The number of hydrogen-bond donors (Lipinski definition) is 3. The molecule has 0 aromatic carbocycles. The van der Waals surface area contributed by atoms with Crippen molar-refractivity contribution in [1.82, 2.24) is 0 Å². The maximum absolute atomic E-state index is 11.2. The van der Waals surface area contributed by atoms with Crippen molar-refractivity contribution >= 4 is 5.78 Å². The van der Waals surface area contributed by atoms with E-state index in [1.165, 1.54) is 6.08 Å². The Bertz CT molecular complexity index is 234. The first-order chi connectivity index (χ1) is 6.06. The van der Waals surface area contributed by atoms with E-state index >= 15 is 0 Å². The van der Waals surface area contributed by atoms with Crippen LogP contribution in [0.1, 0.15) is 19.8 Å². The van der Waals surface area contributed by atoms with Crippen molar-refractivity contribution < 1.29 is 20.1 Å². The summed E-state index contributed by atoms with van der Waals surface area (Å²) in [6, 6.07) is 0. The molecular formula is C9H14O4. The van der Waals surface area contributed by atoms with Gasteiger partial charge in [0.15, 0.2) is 5.78 Å². The summed E-state index contributed by atoms with van der Waals surface area (Å²) in [5, 5.41) is 27.6. The molecule has 3 unspecified atom stereocenters. The molecule has 1 aliphatic rings. The Labute approximate surface area is 76.5 Å². The largest absolute Gasteiger partial charge is 0.390 e. The van der Waals surface area contributed by atoms with Gasteiger partial charge in [-0.05, 0) is 11.6 Å². The second kappa shape index (κ2) is 4.00. The van der Waals surface area contributed by atoms with E-state index in [-0.39, 0.29) is 12.2 Å². The monoisotopic (exact) mass is 186 g/mol. The van der Waals surface area contributed by atoms with Crippen LogP contribution < -0.4 is 0 Å². The summed E-state index contributed by atoms with van der Waals surface area (Å²) in [5.41, 5.74) is 0.410. The number of aliphatic hydroxyl groups is 3. The lowest BCUT2D eigenvalue weighted by Gasteiger charge is -2.26. The zero-order valence-corrected chi connectivity index (χ0v) is 7.47. The molecular weight excluding hydrogens is 172 g/mol. The Morgan fingerprint density at radius 1 is 1.54 bits per heavy atom. The van der Waals surface area contributed by atoms with Gasteiger partial charge in [-0.1, -0.05) is 6.92 Å². The Hall–Kier alpha value is -0.710. The molecule has 0 heterocycles. The number of aliphatic hydroxyl groups excluding tert-OH is 3. The summed E-state index contributed by atoms with van der Waals surface area (Å²) in [7, 11) is 0. The van der Waals surface area contributed by atoms with Crippen LogP contribution in [0.3, 0.4) is 0 Å². The molecule has 4 nitrogen and oxygen atoms in total. The number of ketones is 1. The number of rotatable bonds is 2. The molecule has 0 spiro atoms. The fourth-order valence-corrected chi connectivity index (χ4v) is 1.38. The van der Waals surface area contributed by atoms with Gasteiger partial charge in [0.1, 0.15) is 12.2 Å². The van der Waals surface area contributed by atoms with E-state index in [4.69, 9.17) is 5.11 Å². The maximum Gasteiger partial charge on any atom is 0.158 e. The molecule has 0 saturated carbocycles. The molecule has 0 aromatic rings. The van der Waals surface area contributed by atoms with Crippen molar-refractivity contribution in [3.63, 3.8) is 0 Å². The highest BCUT2D eigenvalue weighted by Gasteiger charge is 2.30. The first-order valence-electron chi connectivity index (χ1n) is 4.34. The number of carbonyl (C=O) groups is 1. The lowest BCUT2D eigenvalue weighted by molar-refractivity contribution is -0.116. The molecule has 13 heavy (non-hydrogen) atoms. The average molecular weight is 186 g/mol. The third kappa shape index (κ3) is 2.15. The lowest BCUT2D eigenvalue weighted by atomic mass is 9.89. The first-order valence-corrected chi connectivity index (χ1v) is 4.34. The predicted octanol–water partition coefficient (Wildman–Crippen LogP) is -0.622. The molecule has 4 heteroatoms. The summed E-state index contributed by atoms with van der Waals surface area (Å²) < 4.78 is 0. The molecule has 0 bridgehead atoms. The third-order valence-corrected chi connectivity index (χ3v) is 2.22. The summed E-state index contributed by atoms with van der Waals surface area (Å²) in [5.74, 6) is -0.0926. The van der Waals surface area contributed by atoms with Gasteiger partial charge >= 0.3 is 0 Å². The van der Waals surface area contributed by atoms with E-state index < -0.39 is 18.3 Å². The second-order valence-corrected chi connectivity index (χ2v) is 3.22. The fraction of sp³-hybridized carbons (Fsp3) is 0.667. The van der Waals surface area contributed by atoms with Gasteiger partial charge in [0, 0.05) is 12.8 Å². The SMILES string of the molecule is CCC(=O)C1=CC(O)C(O)C(O)C1. The van der Waals surface area contributed by atoms with Crippen LogP contribution in [0.25, 0.3) is 0 Å². The van der Waals surface area contributed by atoms with Crippen LogP contribution in [-0.4, -0.2) is 39.4 Å². The topological polar surface area (TPSA) is 77.8 Å². The lowest BCUT2D eigenvalue weighted by Crippen LogP contribution is -2.40. The number of hydrogen-bond acceptors (Lipinski definition) is 4. The average Bonchev–Trinajstić information content (AvgIpc) is 2.12. The maximum atomic E-state index is 11.2. The molecule has 0 radical (unpaired) electrons. The van der Waals surface area contributed by atoms with Gasteiger partial charge in [0.2, 0.25) is 0 Å². The van der Waals surface area contributed by atoms with E-state index in [2.05, 4.69) is 0 Å². The molecule has 0 fully saturated rings. The molecule has 3 atom stereocenters. The zero-order chi connectivity index (χ0) is 10.0. The summed E-state index contributed by atoms with van der Waals surface area (Å²) in [6.45, 7) is 1.72. The molecule has 74 valence electrons. The van der Waals surface area contributed by atoms with Crippen molar-refractivity contribution in [2.75, 3.05) is 0 Å². The normalized spacial score (nSPS) is 34.2. The predicted molar refractivity (Wildman–Crippen MR) is 46.0 cm³/mol. The minimum Gasteiger partial charge on any atom is -0.390 e. The highest BCUT2D eigenvalue weighted by molar-refractivity contribution is 5.95. The second-order valence-electron chi connectivity index (χ2n) is 3.22. The molecule has 3 N–H and O–H groups in total. The fourth-order valence-electron chi connectivity index (χ4n) is 1.38. The molecule has 0 amide bonds. The minimum absolute atomic E-state index is 0.0926. The smallest absolute Gasteiger partial charge is 0.158 e. The number of carbonyl (C=O) groups excluding carboxylic acids is 1. The van der Waals surface area contributed by atoms with Gasteiger partial charge in [-0.3, -0.25) is 4.79 Å². The molecule has 0 aromatic heterocycles. The highest BCUT2D eigenvalue weighted by atomic mass is 16.4.